The third kappa shape index (κ3) is 7.63. The molecule has 0 atom stereocenters. The van der Waals surface area contributed by atoms with Crippen molar-refractivity contribution in [3.63, 3.8) is 0 Å². The molecule has 4 N–H and O–H groups in total. The summed E-state index contributed by atoms with van der Waals surface area (Å²) < 4.78 is 0. The van der Waals surface area contributed by atoms with Crippen LogP contribution in [0.4, 0.5) is 0 Å². The highest BCUT2D eigenvalue weighted by Gasteiger charge is 2.09. The monoisotopic (exact) mass is 361 g/mol. The van der Waals surface area contributed by atoms with Crippen LogP contribution in [-0.4, -0.2) is 65.1 Å². The van der Waals surface area contributed by atoms with E-state index in [0.717, 1.165) is 23.9 Å². The summed E-state index contributed by atoms with van der Waals surface area (Å²) in [7, 11) is 4.06. The molecule has 2 aromatic rings. The van der Waals surface area contributed by atoms with Crippen LogP contribution in [0.3, 0.4) is 0 Å². The Morgan fingerprint density at radius 3 is 2.35 bits per heavy atom. The molecule has 0 radical (unpaired) electrons. The van der Waals surface area contributed by atoms with Crippen LogP contribution >= 0.6 is 0 Å². The van der Waals surface area contributed by atoms with Crippen molar-refractivity contribution < 1.29 is 24.6 Å². The lowest BCUT2D eigenvalue weighted by Gasteiger charge is -2.10. The van der Waals surface area contributed by atoms with Crippen molar-refractivity contribution in [2.45, 2.75) is 6.42 Å². The molecule has 0 aliphatic carbocycles. The second kappa shape index (κ2) is 10.7. The van der Waals surface area contributed by atoms with Crippen LogP contribution in [-0.2, 0) is 9.59 Å². The minimum absolute atomic E-state index is 0.0122. The van der Waals surface area contributed by atoms with Crippen molar-refractivity contribution in [1.82, 2.24) is 15.2 Å². The van der Waals surface area contributed by atoms with E-state index in [1.54, 1.807) is 0 Å². The number of carboxylic acid groups (broad SMARTS) is 2. The fourth-order valence-electron chi connectivity index (χ4n) is 2.11. The number of H-pyrrole nitrogens is 1. The highest BCUT2D eigenvalue weighted by Crippen LogP contribution is 2.16. The molecule has 26 heavy (non-hydrogen) atoms. The molecule has 0 saturated carbocycles. The van der Waals surface area contributed by atoms with Gasteiger partial charge in [-0.3, -0.25) is 4.79 Å². The summed E-state index contributed by atoms with van der Waals surface area (Å²) in [5, 5.41) is 19.6. The number of hydrogen-bond acceptors (Lipinski definition) is 4. The Balaban J connectivity index is 0.000000359. The van der Waals surface area contributed by atoms with Gasteiger partial charge in [0.05, 0.1) is 11.1 Å². The van der Waals surface area contributed by atoms with Crippen molar-refractivity contribution in [1.29, 1.82) is 0 Å². The molecule has 1 heterocycles. The van der Waals surface area contributed by atoms with Crippen LogP contribution in [0.25, 0.3) is 10.9 Å². The highest BCUT2D eigenvalue weighted by molar-refractivity contribution is 6.05. The Morgan fingerprint density at radius 1 is 1.12 bits per heavy atom. The number of carboxylic acids is 2. The van der Waals surface area contributed by atoms with Gasteiger partial charge in [-0.15, -0.1) is 0 Å². The molecule has 0 aliphatic rings. The minimum Gasteiger partial charge on any atom is -0.478 e. The Morgan fingerprint density at radius 2 is 1.77 bits per heavy atom. The molecule has 8 heteroatoms. The summed E-state index contributed by atoms with van der Waals surface area (Å²) in [5.41, 5.74) is 1.62. The number of amides is 1. The fraction of sp³-hybridized carbons (Fsp3) is 0.278. The molecular formula is C18H23N3O5. The van der Waals surface area contributed by atoms with Gasteiger partial charge in [-0.1, -0.05) is 12.1 Å². The maximum absolute atomic E-state index is 12.1. The smallest absolute Gasteiger partial charge is 0.328 e. The standard InChI is InChI=1S/C14H19N3O.C4H4O4/c1-17(2)10-4-8-16-14(18)12-6-3-5-11-7-9-15-13(11)12;5-3(6)1-2-4(7)8/h3,5-7,9,15H,4,8,10H2,1-2H3,(H,16,18);1-2H,(H,5,6)(H,7,8)/b;2-1+. The van der Waals surface area contributed by atoms with E-state index in [4.69, 9.17) is 10.2 Å². The van der Waals surface area contributed by atoms with Gasteiger partial charge in [0.2, 0.25) is 0 Å². The van der Waals surface area contributed by atoms with Gasteiger partial charge in [0, 0.05) is 30.3 Å². The Bertz CT molecular complexity index is 764. The molecule has 0 fully saturated rings. The van der Waals surface area contributed by atoms with Crippen molar-refractivity contribution in [2.24, 2.45) is 0 Å². The summed E-state index contributed by atoms with van der Waals surface area (Å²) in [6.07, 6.45) is 3.93. The first-order valence-electron chi connectivity index (χ1n) is 7.94. The van der Waals surface area contributed by atoms with Crippen LogP contribution in [0, 0.1) is 0 Å². The van der Waals surface area contributed by atoms with Gasteiger partial charge >= 0.3 is 11.9 Å². The first kappa shape index (κ1) is 20.9. The number of fused-ring (bicyclic) bond motifs is 1. The number of aromatic amines is 1. The number of aliphatic carboxylic acids is 2. The molecule has 0 aliphatic heterocycles. The normalized spacial score (nSPS) is 10.6. The van der Waals surface area contributed by atoms with Crippen LogP contribution in [0.2, 0.25) is 0 Å². The summed E-state index contributed by atoms with van der Waals surface area (Å²) in [6.45, 7) is 1.68. The lowest BCUT2D eigenvalue weighted by atomic mass is 10.1. The maximum atomic E-state index is 12.1. The second-order valence-electron chi connectivity index (χ2n) is 5.67. The van der Waals surface area contributed by atoms with E-state index in [9.17, 15) is 14.4 Å². The van der Waals surface area contributed by atoms with Gasteiger partial charge < -0.3 is 25.4 Å². The van der Waals surface area contributed by atoms with E-state index in [0.29, 0.717) is 24.3 Å². The molecule has 1 aromatic carbocycles. The molecular weight excluding hydrogens is 338 g/mol. The highest BCUT2D eigenvalue weighted by atomic mass is 16.4. The quantitative estimate of drug-likeness (QED) is 0.438. The van der Waals surface area contributed by atoms with Gasteiger partial charge in [0.1, 0.15) is 0 Å². The summed E-state index contributed by atoms with van der Waals surface area (Å²) >= 11 is 0. The number of nitrogens with zero attached hydrogens (tertiary/aromatic N) is 1. The molecule has 0 saturated heterocycles. The molecule has 1 amide bonds. The summed E-state index contributed by atoms with van der Waals surface area (Å²) in [4.78, 5) is 36.4. The van der Waals surface area contributed by atoms with Crippen LogP contribution < -0.4 is 5.32 Å². The largest absolute Gasteiger partial charge is 0.478 e. The van der Waals surface area contributed by atoms with E-state index < -0.39 is 11.9 Å². The van der Waals surface area contributed by atoms with Gasteiger partial charge in [0.15, 0.2) is 0 Å². The first-order valence-corrected chi connectivity index (χ1v) is 7.94. The number of carbonyl (C=O) groups excluding carboxylic acids is 1. The summed E-state index contributed by atoms with van der Waals surface area (Å²) in [5.74, 6) is -2.53. The molecule has 1 aromatic heterocycles. The molecule has 2 rings (SSSR count). The number of carbonyl (C=O) groups is 3. The van der Waals surface area contributed by atoms with E-state index >= 15 is 0 Å². The topological polar surface area (TPSA) is 123 Å². The lowest BCUT2D eigenvalue weighted by molar-refractivity contribution is -0.134. The number of hydrogen-bond donors (Lipinski definition) is 4. The lowest BCUT2D eigenvalue weighted by Crippen LogP contribution is -2.27. The third-order valence-corrected chi connectivity index (χ3v) is 3.27. The summed E-state index contributed by atoms with van der Waals surface area (Å²) in [6, 6.07) is 7.72. The Labute approximate surface area is 151 Å². The van der Waals surface area contributed by atoms with E-state index in [2.05, 4.69) is 15.2 Å². The zero-order valence-corrected chi connectivity index (χ0v) is 14.7. The van der Waals surface area contributed by atoms with Gasteiger partial charge in [0.25, 0.3) is 5.91 Å². The molecule has 0 bridgehead atoms. The molecule has 8 nitrogen and oxygen atoms in total. The first-order chi connectivity index (χ1) is 12.3. The fourth-order valence-corrected chi connectivity index (χ4v) is 2.11. The van der Waals surface area contributed by atoms with Gasteiger partial charge in [-0.05, 0) is 39.2 Å². The number of para-hydroxylation sites is 1. The number of benzene rings is 1. The van der Waals surface area contributed by atoms with Crippen molar-refractivity contribution in [3.05, 3.63) is 48.2 Å². The van der Waals surface area contributed by atoms with E-state index in [1.165, 1.54) is 0 Å². The predicted octanol–water partition coefficient (Wildman–Crippen LogP) is 1.56. The minimum atomic E-state index is -1.26. The van der Waals surface area contributed by atoms with Crippen LogP contribution in [0.1, 0.15) is 16.8 Å². The van der Waals surface area contributed by atoms with Gasteiger partial charge in [-0.25, -0.2) is 9.59 Å². The Kier molecular flexibility index (Phi) is 8.59. The average Bonchev–Trinajstić information content (AvgIpc) is 3.05. The molecule has 140 valence electrons. The van der Waals surface area contributed by atoms with Crippen LogP contribution in [0.15, 0.2) is 42.6 Å². The predicted molar refractivity (Wildman–Crippen MR) is 98.2 cm³/mol. The van der Waals surface area contributed by atoms with Gasteiger partial charge in [-0.2, -0.15) is 0 Å². The Hall–Kier alpha value is -3.13. The van der Waals surface area contributed by atoms with E-state index in [1.807, 2.05) is 44.6 Å². The maximum Gasteiger partial charge on any atom is 0.328 e. The molecule has 0 spiro atoms. The number of rotatable bonds is 7. The number of nitrogens with one attached hydrogen (secondary N) is 2. The van der Waals surface area contributed by atoms with Crippen molar-refractivity contribution in [2.75, 3.05) is 27.2 Å². The van der Waals surface area contributed by atoms with Crippen molar-refractivity contribution in [3.8, 4) is 0 Å². The average molecular weight is 361 g/mol. The number of aromatic nitrogens is 1. The van der Waals surface area contributed by atoms with E-state index in [-0.39, 0.29) is 5.91 Å². The van der Waals surface area contributed by atoms with Crippen molar-refractivity contribution >= 4 is 28.7 Å². The molecule has 0 unspecified atom stereocenters. The van der Waals surface area contributed by atoms with Crippen LogP contribution in [0.5, 0.6) is 0 Å². The zero-order valence-electron chi connectivity index (χ0n) is 14.7. The second-order valence-corrected chi connectivity index (χ2v) is 5.67. The third-order valence-electron chi connectivity index (χ3n) is 3.27. The SMILES string of the molecule is CN(C)CCCNC(=O)c1cccc2cc[nH]c12.O=C(O)/C=C/C(=O)O. The zero-order chi connectivity index (χ0) is 19.5.